The normalized spacial score (nSPS) is 11.0. The third kappa shape index (κ3) is 5.72. The van der Waals surface area contributed by atoms with Crippen LogP contribution in [-0.4, -0.2) is 47.1 Å². The van der Waals surface area contributed by atoms with Crippen LogP contribution in [-0.2, 0) is 11.3 Å². The number of rotatable bonds is 8. The Balaban J connectivity index is 1.66. The molecule has 3 aromatic rings. The van der Waals surface area contributed by atoms with E-state index in [9.17, 15) is 9.59 Å². The molecule has 0 radical (unpaired) electrons. The number of benzene rings is 2. The van der Waals surface area contributed by atoms with Crippen molar-refractivity contribution in [3.63, 3.8) is 0 Å². The summed E-state index contributed by atoms with van der Waals surface area (Å²) in [6, 6.07) is 15.2. The molecule has 6 heteroatoms. The van der Waals surface area contributed by atoms with E-state index in [4.69, 9.17) is 4.74 Å². The second-order valence-electron chi connectivity index (χ2n) is 8.03. The lowest BCUT2D eigenvalue weighted by atomic mass is 10.1. The Kier molecular flexibility index (Phi) is 7.25. The number of ketones is 1. The molecule has 2 aromatic carbocycles. The minimum atomic E-state index is -0.123. The van der Waals surface area contributed by atoms with Gasteiger partial charge >= 0.3 is 0 Å². The number of carbonyl (C=O) groups is 2. The molecule has 1 amide bonds. The van der Waals surface area contributed by atoms with Gasteiger partial charge in [0.1, 0.15) is 5.75 Å². The highest BCUT2D eigenvalue weighted by Crippen LogP contribution is 2.18. The molecule has 6 nitrogen and oxygen atoms in total. The molecule has 0 spiro atoms. The van der Waals surface area contributed by atoms with E-state index in [-0.39, 0.29) is 18.3 Å². The van der Waals surface area contributed by atoms with Gasteiger partial charge in [0, 0.05) is 30.9 Å². The average Bonchev–Trinajstić information content (AvgIpc) is 3.04. The van der Waals surface area contributed by atoms with Crippen LogP contribution in [0.3, 0.4) is 0 Å². The first-order valence-corrected chi connectivity index (χ1v) is 10.5. The van der Waals surface area contributed by atoms with Gasteiger partial charge in [0.2, 0.25) is 0 Å². The maximum atomic E-state index is 12.6. The van der Waals surface area contributed by atoms with Crippen molar-refractivity contribution < 1.29 is 14.3 Å². The monoisotopic (exact) mass is 431 g/mol. The van der Waals surface area contributed by atoms with Crippen LogP contribution in [0.25, 0.3) is 6.08 Å². The number of aromatic nitrogens is 2. The van der Waals surface area contributed by atoms with Gasteiger partial charge in [-0.25, -0.2) is 0 Å². The van der Waals surface area contributed by atoms with E-state index < -0.39 is 0 Å². The summed E-state index contributed by atoms with van der Waals surface area (Å²) in [4.78, 5) is 25.7. The molecule has 0 unspecified atom stereocenters. The van der Waals surface area contributed by atoms with Crippen LogP contribution in [0.2, 0.25) is 0 Å². The van der Waals surface area contributed by atoms with Crippen LogP contribution >= 0.6 is 0 Å². The third-order valence-corrected chi connectivity index (χ3v) is 5.29. The van der Waals surface area contributed by atoms with Crippen LogP contribution in [0.5, 0.6) is 5.75 Å². The van der Waals surface area contributed by atoms with E-state index in [0.717, 1.165) is 17.0 Å². The van der Waals surface area contributed by atoms with Gasteiger partial charge < -0.3 is 9.64 Å². The summed E-state index contributed by atoms with van der Waals surface area (Å²) < 4.78 is 7.41. The van der Waals surface area contributed by atoms with E-state index in [1.807, 2.05) is 24.6 Å². The first-order valence-electron chi connectivity index (χ1n) is 10.5. The van der Waals surface area contributed by atoms with Crippen molar-refractivity contribution in [2.24, 2.45) is 0 Å². The van der Waals surface area contributed by atoms with Crippen molar-refractivity contribution in [1.82, 2.24) is 14.7 Å². The standard InChI is InChI=1S/C26H29N3O3/c1-18-6-8-21(9-7-18)16-29-20(3)24(19(2)27-29)14-15-25(30)22-10-12-23(13-11-22)32-17-26(31)28(4)5/h6-15H,16-17H2,1-5H3/b15-14+. The van der Waals surface area contributed by atoms with Gasteiger partial charge in [-0.2, -0.15) is 5.10 Å². The van der Waals surface area contributed by atoms with E-state index in [2.05, 4.69) is 36.3 Å². The van der Waals surface area contributed by atoms with Crippen LogP contribution in [0.15, 0.2) is 54.6 Å². The highest BCUT2D eigenvalue weighted by molar-refractivity contribution is 6.07. The van der Waals surface area contributed by atoms with Crippen LogP contribution in [0, 0.1) is 20.8 Å². The number of hydrogen-bond acceptors (Lipinski definition) is 4. The Bertz CT molecular complexity index is 1120. The lowest BCUT2D eigenvalue weighted by Gasteiger charge is -2.11. The van der Waals surface area contributed by atoms with E-state index in [0.29, 0.717) is 17.9 Å². The maximum Gasteiger partial charge on any atom is 0.259 e. The molecule has 166 valence electrons. The fourth-order valence-corrected chi connectivity index (χ4v) is 3.22. The molecule has 0 atom stereocenters. The number of nitrogens with zero attached hydrogens (tertiary/aromatic N) is 3. The van der Waals surface area contributed by atoms with Crippen molar-refractivity contribution in [3.8, 4) is 5.75 Å². The van der Waals surface area contributed by atoms with Crippen LogP contribution in [0.1, 0.15) is 38.4 Å². The van der Waals surface area contributed by atoms with E-state index in [1.54, 1.807) is 44.4 Å². The quantitative estimate of drug-likeness (QED) is 0.396. The smallest absolute Gasteiger partial charge is 0.259 e. The maximum absolute atomic E-state index is 12.6. The summed E-state index contributed by atoms with van der Waals surface area (Å²) >= 11 is 0. The molecule has 0 bridgehead atoms. The fraction of sp³-hybridized carbons (Fsp3) is 0.269. The average molecular weight is 432 g/mol. The van der Waals surface area contributed by atoms with Gasteiger partial charge in [-0.3, -0.25) is 14.3 Å². The molecule has 0 saturated heterocycles. The number of hydrogen-bond donors (Lipinski definition) is 0. The zero-order valence-electron chi connectivity index (χ0n) is 19.3. The Morgan fingerprint density at radius 3 is 2.28 bits per heavy atom. The molecule has 0 fully saturated rings. The van der Waals surface area contributed by atoms with Crippen molar-refractivity contribution >= 4 is 17.8 Å². The van der Waals surface area contributed by atoms with Crippen LogP contribution < -0.4 is 4.74 Å². The summed E-state index contributed by atoms with van der Waals surface area (Å²) in [7, 11) is 3.35. The number of carbonyl (C=O) groups excluding carboxylic acids is 2. The second-order valence-corrected chi connectivity index (χ2v) is 8.03. The Labute approximate surface area is 189 Å². The van der Waals surface area contributed by atoms with Crippen molar-refractivity contribution in [3.05, 3.63) is 88.2 Å². The number of aryl methyl sites for hydroxylation is 2. The highest BCUT2D eigenvalue weighted by Gasteiger charge is 2.11. The predicted octanol–water partition coefficient (Wildman–Crippen LogP) is 4.22. The summed E-state index contributed by atoms with van der Waals surface area (Å²) in [5.41, 5.74) is 5.81. The Morgan fingerprint density at radius 1 is 1.00 bits per heavy atom. The zero-order chi connectivity index (χ0) is 23.3. The largest absolute Gasteiger partial charge is 0.484 e. The molecule has 32 heavy (non-hydrogen) atoms. The lowest BCUT2D eigenvalue weighted by molar-refractivity contribution is -0.130. The predicted molar refractivity (Wildman–Crippen MR) is 126 cm³/mol. The molecule has 0 aliphatic heterocycles. The molecule has 3 rings (SSSR count). The van der Waals surface area contributed by atoms with E-state index >= 15 is 0 Å². The molecule has 1 heterocycles. The number of allylic oxidation sites excluding steroid dienone is 1. The van der Waals surface area contributed by atoms with Gasteiger partial charge in [0.05, 0.1) is 12.2 Å². The molecular formula is C26H29N3O3. The molecule has 0 N–H and O–H groups in total. The summed E-state index contributed by atoms with van der Waals surface area (Å²) in [6.45, 7) is 6.68. The number of ether oxygens (including phenoxy) is 1. The second kappa shape index (κ2) is 10.1. The van der Waals surface area contributed by atoms with Gasteiger partial charge in [0.15, 0.2) is 12.4 Å². The fourth-order valence-electron chi connectivity index (χ4n) is 3.22. The number of amides is 1. The zero-order valence-corrected chi connectivity index (χ0v) is 19.3. The summed E-state index contributed by atoms with van der Waals surface area (Å²) in [5.74, 6) is 0.317. The first kappa shape index (κ1) is 23.0. The minimum absolute atomic E-state index is 0.0364. The number of likely N-dealkylation sites (N-methyl/N-ethyl adjacent to an activating group) is 1. The first-order chi connectivity index (χ1) is 15.2. The topological polar surface area (TPSA) is 64.4 Å². The molecule has 1 aromatic heterocycles. The Morgan fingerprint density at radius 2 is 1.66 bits per heavy atom. The summed E-state index contributed by atoms with van der Waals surface area (Å²) in [6.07, 6.45) is 3.39. The molecule has 0 aliphatic rings. The van der Waals surface area contributed by atoms with Crippen molar-refractivity contribution in [1.29, 1.82) is 0 Å². The molecular weight excluding hydrogens is 402 g/mol. The van der Waals surface area contributed by atoms with Gasteiger partial charge in [-0.05, 0) is 62.8 Å². The van der Waals surface area contributed by atoms with Crippen molar-refractivity contribution in [2.75, 3.05) is 20.7 Å². The molecule has 0 aliphatic carbocycles. The van der Waals surface area contributed by atoms with Crippen molar-refractivity contribution in [2.45, 2.75) is 27.3 Å². The highest BCUT2D eigenvalue weighted by atomic mass is 16.5. The molecule has 0 saturated carbocycles. The third-order valence-electron chi connectivity index (χ3n) is 5.29. The summed E-state index contributed by atoms with van der Waals surface area (Å²) in [5, 5.41) is 4.64. The lowest BCUT2D eigenvalue weighted by Crippen LogP contribution is -2.27. The van der Waals surface area contributed by atoms with Crippen LogP contribution in [0.4, 0.5) is 0 Å². The van der Waals surface area contributed by atoms with Gasteiger partial charge in [-0.15, -0.1) is 0 Å². The Hall–Kier alpha value is -3.67. The van der Waals surface area contributed by atoms with Gasteiger partial charge in [-0.1, -0.05) is 29.8 Å². The minimum Gasteiger partial charge on any atom is -0.484 e. The SMILES string of the molecule is Cc1ccc(Cn2nc(C)c(/C=C/C(=O)c3ccc(OCC(=O)N(C)C)cc3)c2C)cc1. The van der Waals surface area contributed by atoms with Gasteiger partial charge in [0.25, 0.3) is 5.91 Å². The van der Waals surface area contributed by atoms with E-state index in [1.165, 1.54) is 16.0 Å².